The van der Waals surface area contributed by atoms with Gasteiger partial charge in [-0.2, -0.15) is 0 Å². The van der Waals surface area contributed by atoms with Gasteiger partial charge in [-0.3, -0.25) is 0 Å². The van der Waals surface area contributed by atoms with E-state index in [2.05, 4.69) is 68.6 Å². The van der Waals surface area contributed by atoms with E-state index in [0.29, 0.717) is 0 Å². The molecule has 2 rings (SSSR count). The van der Waals surface area contributed by atoms with Crippen molar-refractivity contribution in [3.05, 3.63) is 42.5 Å². The number of hydrogen-bond acceptors (Lipinski definition) is 2. The van der Waals surface area contributed by atoms with Crippen molar-refractivity contribution in [2.45, 2.75) is 44.0 Å². The van der Waals surface area contributed by atoms with E-state index < -0.39 is 0 Å². The minimum Gasteiger partial charge on any atom is -0.312 e. The Morgan fingerprint density at radius 3 is 2.45 bits per heavy atom. The molecule has 0 unspecified atom stereocenters. The Balaban J connectivity index is 1.73. The van der Waals surface area contributed by atoms with Gasteiger partial charge in [0.15, 0.2) is 0 Å². The summed E-state index contributed by atoms with van der Waals surface area (Å²) in [6, 6.07) is 15.3. The van der Waals surface area contributed by atoms with Crippen LogP contribution in [0.2, 0.25) is 0 Å². The van der Waals surface area contributed by atoms with Gasteiger partial charge in [0.1, 0.15) is 0 Å². The molecule has 2 aromatic carbocycles. The first-order valence-corrected chi connectivity index (χ1v) is 8.40. The van der Waals surface area contributed by atoms with E-state index in [0.717, 1.165) is 6.54 Å². The number of benzene rings is 2. The first kappa shape index (κ1) is 15.4. The van der Waals surface area contributed by atoms with Gasteiger partial charge in [0.2, 0.25) is 0 Å². The Bertz CT molecular complexity index is 542. The molecule has 0 aromatic heterocycles. The number of fused-ring (bicyclic) bond motifs is 1. The predicted molar refractivity (Wildman–Crippen MR) is 91.7 cm³/mol. The van der Waals surface area contributed by atoms with Crippen molar-refractivity contribution in [2.75, 3.05) is 12.3 Å². The molecule has 0 aliphatic heterocycles. The highest BCUT2D eigenvalue weighted by atomic mass is 32.2. The SMILES string of the molecule is CC(C)(C)NCCCCSc1ccc2ccccc2c1. The second kappa shape index (κ2) is 7.14. The lowest BCUT2D eigenvalue weighted by molar-refractivity contribution is 0.421. The van der Waals surface area contributed by atoms with Crippen LogP contribution in [-0.4, -0.2) is 17.8 Å². The highest BCUT2D eigenvalue weighted by molar-refractivity contribution is 7.99. The molecule has 0 heterocycles. The number of hydrogen-bond donors (Lipinski definition) is 1. The average molecular weight is 287 g/mol. The van der Waals surface area contributed by atoms with Crippen molar-refractivity contribution in [1.82, 2.24) is 5.32 Å². The molecular formula is C18H25NS. The smallest absolute Gasteiger partial charge is 0.00965 e. The van der Waals surface area contributed by atoms with Gasteiger partial charge in [-0.25, -0.2) is 0 Å². The van der Waals surface area contributed by atoms with Crippen LogP contribution >= 0.6 is 11.8 Å². The van der Waals surface area contributed by atoms with E-state index in [1.807, 2.05) is 11.8 Å². The lowest BCUT2D eigenvalue weighted by Crippen LogP contribution is -2.36. The Labute approximate surface area is 127 Å². The van der Waals surface area contributed by atoms with Crippen LogP contribution in [0.5, 0.6) is 0 Å². The van der Waals surface area contributed by atoms with Crippen molar-refractivity contribution in [3.8, 4) is 0 Å². The normalized spacial score (nSPS) is 11.9. The standard InChI is InChI=1S/C18H25NS/c1-18(2,3)19-12-6-7-13-20-17-11-10-15-8-4-5-9-16(15)14-17/h4-5,8-11,14,19H,6-7,12-13H2,1-3H3. The molecule has 0 saturated heterocycles. The molecule has 0 spiro atoms. The van der Waals surface area contributed by atoms with Gasteiger partial charge in [-0.05, 0) is 68.8 Å². The van der Waals surface area contributed by atoms with Crippen LogP contribution in [0.4, 0.5) is 0 Å². The van der Waals surface area contributed by atoms with Gasteiger partial charge < -0.3 is 5.32 Å². The van der Waals surface area contributed by atoms with E-state index in [1.54, 1.807) is 0 Å². The van der Waals surface area contributed by atoms with Crippen molar-refractivity contribution < 1.29 is 0 Å². The maximum Gasteiger partial charge on any atom is 0.00965 e. The first-order valence-electron chi connectivity index (χ1n) is 7.41. The summed E-state index contributed by atoms with van der Waals surface area (Å²) in [5.41, 5.74) is 0.242. The summed E-state index contributed by atoms with van der Waals surface area (Å²) in [6.07, 6.45) is 2.51. The van der Waals surface area contributed by atoms with Crippen LogP contribution in [0.1, 0.15) is 33.6 Å². The van der Waals surface area contributed by atoms with Gasteiger partial charge in [0.25, 0.3) is 0 Å². The third kappa shape index (κ3) is 5.18. The van der Waals surface area contributed by atoms with Crippen LogP contribution in [0.3, 0.4) is 0 Å². The molecule has 2 aromatic rings. The molecule has 108 valence electrons. The monoisotopic (exact) mass is 287 g/mol. The summed E-state index contributed by atoms with van der Waals surface area (Å²) in [5, 5.41) is 6.20. The second-order valence-corrected chi connectivity index (χ2v) is 7.41. The maximum absolute atomic E-state index is 3.54. The Kier molecular flexibility index (Phi) is 5.50. The number of thioether (sulfide) groups is 1. The topological polar surface area (TPSA) is 12.0 Å². The van der Waals surface area contributed by atoms with E-state index >= 15 is 0 Å². The fraction of sp³-hybridized carbons (Fsp3) is 0.444. The van der Waals surface area contributed by atoms with E-state index in [4.69, 9.17) is 0 Å². The largest absolute Gasteiger partial charge is 0.312 e. The van der Waals surface area contributed by atoms with Crippen molar-refractivity contribution in [1.29, 1.82) is 0 Å². The minimum absolute atomic E-state index is 0.242. The lowest BCUT2D eigenvalue weighted by atomic mass is 10.1. The summed E-state index contributed by atoms with van der Waals surface area (Å²) in [6.45, 7) is 7.77. The van der Waals surface area contributed by atoms with Gasteiger partial charge in [-0.1, -0.05) is 30.3 Å². The molecule has 0 saturated carbocycles. The van der Waals surface area contributed by atoms with Crippen molar-refractivity contribution in [2.24, 2.45) is 0 Å². The zero-order valence-electron chi connectivity index (χ0n) is 12.8. The quantitative estimate of drug-likeness (QED) is 0.586. The van der Waals surface area contributed by atoms with E-state index in [9.17, 15) is 0 Å². The predicted octanol–water partition coefficient (Wildman–Crippen LogP) is 5.10. The molecule has 0 bridgehead atoms. The number of unbranched alkanes of at least 4 members (excludes halogenated alkanes) is 1. The fourth-order valence-corrected chi connectivity index (χ4v) is 3.10. The van der Waals surface area contributed by atoms with Crippen LogP contribution in [0.15, 0.2) is 47.4 Å². The summed E-state index contributed by atoms with van der Waals surface area (Å²) < 4.78 is 0. The lowest BCUT2D eigenvalue weighted by Gasteiger charge is -2.20. The molecule has 2 heteroatoms. The zero-order valence-corrected chi connectivity index (χ0v) is 13.6. The van der Waals surface area contributed by atoms with Crippen LogP contribution < -0.4 is 5.32 Å². The third-order valence-corrected chi connectivity index (χ3v) is 4.30. The van der Waals surface area contributed by atoms with Crippen LogP contribution in [0, 0.1) is 0 Å². The zero-order chi connectivity index (χ0) is 14.4. The summed E-state index contributed by atoms with van der Waals surface area (Å²) >= 11 is 1.97. The Hall–Kier alpha value is -0.990. The molecule has 1 N–H and O–H groups in total. The Morgan fingerprint density at radius 2 is 1.70 bits per heavy atom. The molecule has 0 aliphatic rings. The van der Waals surface area contributed by atoms with Crippen LogP contribution in [0.25, 0.3) is 10.8 Å². The fourth-order valence-electron chi connectivity index (χ4n) is 2.14. The van der Waals surface area contributed by atoms with Gasteiger partial charge in [0, 0.05) is 10.4 Å². The minimum atomic E-state index is 0.242. The molecule has 0 aliphatic carbocycles. The molecule has 0 amide bonds. The van der Waals surface area contributed by atoms with Crippen molar-refractivity contribution in [3.63, 3.8) is 0 Å². The van der Waals surface area contributed by atoms with E-state index in [-0.39, 0.29) is 5.54 Å². The first-order chi connectivity index (χ1) is 9.54. The molecule has 0 atom stereocenters. The molecule has 1 nitrogen and oxygen atoms in total. The highest BCUT2D eigenvalue weighted by Gasteiger charge is 2.06. The van der Waals surface area contributed by atoms with E-state index in [1.165, 1.54) is 34.3 Å². The van der Waals surface area contributed by atoms with Gasteiger partial charge in [-0.15, -0.1) is 11.8 Å². The van der Waals surface area contributed by atoms with Crippen molar-refractivity contribution >= 4 is 22.5 Å². The van der Waals surface area contributed by atoms with Gasteiger partial charge >= 0.3 is 0 Å². The molecule has 0 fully saturated rings. The average Bonchev–Trinajstić information content (AvgIpc) is 2.41. The van der Waals surface area contributed by atoms with Crippen LogP contribution in [-0.2, 0) is 0 Å². The second-order valence-electron chi connectivity index (χ2n) is 6.24. The highest BCUT2D eigenvalue weighted by Crippen LogP contribution is 2.24. The summed E-state index contributed by atoms with van der Waals surface area (Å²) in [4.78, 5) is 1.38. The molecular weight excluding hydrogens is 262 g/mol. The summed E-state index contributed by atoms with van der Waals surface area (Å²) in [7, 11) is 0. The number of nitrogens with one attached hydrogen (secondary N) is 1. The Morgan fingerprint density at radius 1 is 0.950 bits per heavy atom. The van der Waals surface area contributed by atoms with Gasteiger partial charge in [0.05, 0.1) is 0 Å². The molecule has 20 heavy (non-hydrogen) atoms. The third-order valence-electron chi connectivity index (χ3n) is 3.22. The summed E-state index contributed by atoms with van der Waals surface area (Å²) in [5.74, 6) is 1.20. The maximum atomic E-state index is 3.54. The number of rotatable bonds is 6. The molecule has 0 radical (unpaired) electrons.